The smallest absolute Gasteiger partial charge is 0.178 e. The summed E-state index contributed by atoms with van der Waals surface area (Å²) in [5, 5.41) is 3.32. The molecule has 5 heteroatoms. The molecule has 18 heavy (non-hydrogen) atoms. The fourth-order valence-electron chi connectivity index (χ4n) is 1.33. The molecule has 0 radical (unpaired) electrons. The van der Waals surface area contributed by atoms with E-state index in [1.165, 1.54) is 0 Å². The summed E-state index contributed by atoms with van der Waals surface area (Å²) >= 11 is 1.80. The molecule has 0 aliphatic carbocycles. The second kappa shape index (κ2) is 5.97. The molecule has 0 fully saturated rings. The maximum Gasteiger partial charge on any atom is 0.178 e. The number of nitrogens with one attached hydrogen (secondary N) is 1. The fraction of sp³-hybridized carbons (Fsp3) is 0.538. The molecule has 0 saturated carbocycles. The van der Waals surface area contributed by atoms with Crippen LogP contribution in [0.3, 0.4) is 0 Å². The molecule has 0 aromatic heterocycles. The standard InChI is InChI=1S/C13H21NO2S2/c1-5-18(15,16)12-8-6-11(7-9-12)14-10-13(2,3)17-4/h6-9,14H,5,10H2,1-4H3. The average molecular weight is 287 g/mol. The third kappa shape index (κ3) is 4.21. The lowest BCUT2D eigenvalue weighted by Crippen LogP contribution is -2.25. The van der Waals surface area contributed by atoms with Crippen molar-refractivity contribution in [3.8, 4) is 0 Å². The van der Waals surface area contributed by atoms with Crippen LogP contribution in [0.2, 0.25) is 0 Å². The minimum Gasteiger partial charge on any atom is -0.384 e. The van der Waals surface area contributed by atoms with Gasteiger partial charge in [0, 0.05) is 17.0 Å². The summed E-state index contributed by atoms with van der Waals surface area (Å²) in [6, 6.07) is 6.96. The molecule has 0 spiro atoms. The van der Waals surface area contributed by atoms with Crippen LogP contribution in [0, 0.1) is 0 Å². The van der Waals surface area contributed by atoms with Crippen molar-refractivity contribution in [1.29, 1.82) is 0 Å². The van der Waals surface area contributed by atoms with Crippen molar-refractivity contribution in [2.75, 3.05) is 23.9 Å². The molecular formula is C13H21NO2S2. The predicted octanol–water partition coefficient (Wildman–Crippen LogP) is 3.03. The minimum atomic E-state index is -3.09. The first-order valence-electron chi connectivity index (χ1n) is 5.92. The SMILES string of the molecule is CCS(=O)(=O)c1ccc(NCC(C)(C)SC)cc1. The quantitative estimate of drug-likeness (QED) is 0.873. The average Bonchev–Trinajstić information content (AvgIpc) is 2.37. The van der Waals surface area contributed by atoms with E-state index < -0.39 is 9.84 Å². The molecule has 0 aliphatic heterocycles. The summed E-state index contributed by atoms with van der Waals surface area (Å²) in [6.45, 7) is 6.83. The van der Waals surface area contributed by atoms with Crippen molar-refractivity contribution in [3.05, 3.63) is 24.3 Å². The van der Waals surface area contributed by atoms with Crippen LogP contribution >= 0.6 is 11.8 Å². The van der Waals surface area contributed by atoms with Gasteiger partial charge in [-0.2, -0.15) is 11.8 Å². The molecular weight excluding hydrogens is 266 g/mol. The Bertz CT molecular complexity index is 478. The lowest BCUT2D eigenvalue weighted by Gasteiger charge is -2.23. The molecule has 1 rings (SSSR count). The van der Waals surface area contributed by atoms with Gasteiger partial charge in [-0.05, 0) is 44.4 Å². The summed E-state index contributed by atoms with van der Waals surface area (Å²) in [5.74, 6) is 0.138. The first kappa shape index (κ1) is 15.4. The molecule has 0 amide bonds. The zero-order valence-electron chi connectivity index (χ0n) is 11.4. The number of rotatable bonds is 6. The van der Waals surface area contributed by atoms with Crippen molar-refractivity contribution in [3.63, 3.8) is 0 Å². The van der Waals surface area contributed by atoms with E-state index in [2.05, 4.69) is 25.4 Å². The zero-order valence-corrected chi connectivity index (χ0v) is 13.0. The van der Waals surface area contributed by atoms with E-state index in [0.29, 0.717) is 4.90 Å². The van der Waals surface area contributed by atoms with Crippen LogP contribution < -0.4 is 5.32 Å². The molecule has 1 aromatic rings. The van der Waals surface area contributed by atoms with Crippen LogP contribution in [0.15, 0.2) is 29.2 Å². The summed E-state index contributed by atoms with van der Waals surface area (Å²) in [4.78, 5) is 0.389. The van der Waals surface area contributed by atoms with Crippen molar-refractivity contribution in [2.24, 2.45) is 0 Å². The number of sulfone groups is 1. The van der Waals surface area contributed by atoms with Gasteiger partial charge in [-0.3, -0.25) is 0 Å². The van der Waals surface area contributed by atoms with Crippen molar-refractivity contribution < 1.29 is 8.42 Å². The van der Waals surface area contributed by atoms with Gasteiger partial charge in [-0.15, -0.1) is 0 Å². The maximum absolute atomic E-state index is 11.7. The summed E-state index contributed by atoms with van der Waals surface area (Å²) < 4.78 is 23.5. The van der Waals surface area contributed by atoms with E-state index in [0.717, 1.165) is 12.2 Å². The van der Waals surface area contributed by atoms with E-state index >= 15 is 0 Å². The van der Waals surface area contributed by atoms with Gasteiger partial charge < -0.3 is 5.32 Å². The largest absolute Gasteiger partial charge is 0.384 e. The number of benzene rings is 1. The maximum atomic E-state index is 11.7. The van der Waals surface area contributed by atoms with Gasteiger partial charge in [0.1, 0.15) is 0 Å². The Balaban J connectivity index is 2.73. The highest BCUT2D eigenvalue weighted by molar-refractivity contribution is 7.99. The Morgan fingerprint density at radius 2 is 1.78 bits per heavy atom. The van der Waals surface area contributed by atoms with Crippen LogP contribution in [0.25, 0.3) is 0 Å². The Labute approximate surface area is 114 Å². The Morgan fingerprint density at radius 1 is 1.22 bits per heavy atom. The lowest BCUT2D eigenvalue weighted by atomic mass is 10.2. The minimum absolute atomic E-state index is 0.138. The van der Waals surface area contributed by atoms with Gasteiger partial charge in [0.2, 0.25) is 0 Å². The highest BCUT2D eigenvalue weighted by atomic mass is 32.2. The van der Waals surface area contributed by atoms with Gasteiger partial charge in [-0.1, -0.05) is 6.92 Å². The van der Waals surface area contributed by atoms with Crippen molar-refractivity contribution in [1.82, 2.24) is 0 Å². The Morgan fingerprint density at radius 3 is 2.22 bits per heavy atom. The van der Waals surface area contributed by atoms with Gasteiger partial charge in [0.15, 0.2) is 9.84 Å². The van der Waals surface area contributed by atoms with Crippen LogP contribution in [-0.4, -0.2) is 31.7 Å². The van der Waals surface area contributed by atoms with Gasteiger partial charge >= 0.3 is 0 Å². The summed E-state index contributed by atoms with van der Waals surface area (Å²) in [7, 11) is -3.09. The van der Waals surface area contributed by atoms with E-state index in [1.807, 2.05) is 12.1 Å². The molecule has 102 valence electrons. The van der Waals surface area contributed by atoms with E-state index in [1.54, 1.807) is 30.8 Å². The fourth-order valence-corrected chi connectivity index (χ4v) is 2.43. The molecule has 0 atom stereocenters. The van der Waals surface area contributed by atoms with Crippen LogP contribution in [0.1, 0.15) is 20.8 Å². The number of thioether (sulfide) groups is 1. The van der Waals surface area contributed by atoms with Crippen LogP contribution in [-0.2, 0) is 9.84 Å². The lowest BCUT2D eigenvalue weighted by molar-refractivity contribution is 0.597. The van der Waals surface area contributed by atoms with Crippen molar-refractivity contribution >= 4 is 27.3 Å². The molecule has 0 aliphatic rings. The highest BCUT2D eigenvalue weighted by Gasteiger charge is 2.15. The first-order valence-corrected chi connectivity index (χ1v) is 8.80. The normalized spacial score (nSPS) is 12.4. The molecule has 3 nitrogen and oxygen atoms in total. The topological polar surface area (TPSA) is 46.2 Å². The molecule has 1 aromatic carbocycles. The van der Waals surface area contributed by atoms with E-state index in [4.69, 9.17) is 0 Å². The zero-order chi connectivity index (χ0) is 13.8. The second-order valence-electron chi connectivity index (χ2n) is 4.75. The van der Waals surface area contributed by atoms with E-state index in [9.17, 15) is 8.42 Å². The molecule has 0 heterocycles. The number of anilines is 1. The molecule has 0 saturated heterocycles. The number of hydrogen-bond donors (Lipinski definition) is 1. The summed E-state index contributed by atoms with van der Waals surface area (Å²) in [6.07, 6.45) is 2.08. The third-order valence-electron chi connectivity index (χ3n) is 2.86. The molecule has 0 unspecified atom stereocenters. The van der Waals surface area contributed by atoms with Crippen LogP contribution in [0.5, 0.6) is 0 Å². The third-order valence-corrected chi connectivity index (χ3v) is 5.86. The number of hydrogen-bond acceptors (Lipinski definition) is 4. The van der Waals surface area contributed by atoms with E-state index in [-0.39, 0.29) is 10.5 Å². The predicted molar refractivity (Wildman–Crippen MR) is 80.3 cm³/mol. The highest BCUT2D eigenvalue weighted by Crippen LogP contribution is 2.22. The second-order valence-corrected chi connectivity index (χ2v) is 8.54. The first-order chi connectivity index (χ1) is 8.30. The Hall–Kier alpha value is -0.680. The monoisotopic (exact) mass is 287 g/mol. The van der Waals surface area contributed by atoms with Gasteiger partial charge in [-0.25, -0.2) is 8.42 Å². The van der Waals surface area contributed by atoms with Crippen molar-refractivity contribution in [2.45, 2.75) is 30.4 Å². The molecule has 0 bridgehead atoms. The van der Waals surface area contributed by atoms with Crippen LogP contribution in [0.4, 0.5) is 5.69 Å². The molecule has 1 N–H and O–H groups in total. The van der Waals surface area contributed by atoms with Gasteiger partial charge in [0.05, 0.1) is 10.6 Å². The Kier molecular flexibility index (Phi) is 5.10. The summed E-state index contributed by atoms with van der Waals surface area (Å²) in [5.41, 5.74) is 0.951. The van der Waals surface area contributed by atoms with Gasteiger partial charge in [0.25, 0.3) is 0 Å².